The molecule has 0 aliphatic rings. The first-order valence-electron chi connectivity index (χ1n) is 4.94. The number of ketones is 1. The maximum atomic E-state index is 13.2. The lowest BCUT2D eigenvalue weighted by molar-refractivity contribution is 0.103. The summed E-state index contributed by atoms with van der Waals surface area (Å²) in [6.45, 7) is 0. The molecule has 0 saturated carbocycles. The second-order valence-electron chi connectivity index (χ2n) is 3.51. The van der Waals surface area contributed by atoms with Gasteiger partial charge in [0, 0.05) is 11.1 Å². The average Bonchev–Trinajstić information content (AvgIpc) is 2.32. The summed E-state index contributed by atoms with van der Waals surface area (Å²) >= 11 is 5.91. The largest absolute Gasteiger partial charge is 0.396 e. The van der Waals surface area contributed by atoms with Crippen LogP contribution in [0.2, 0.25) is 5.02 Å². The summed E-state index contributed by atoms with van der Waals surface area (Å²) in [6.07, 6.45) is 0. The highest BCUT2D eigenvalue weighted by atomic mass is 35.5. The zero-order chi connectivity index (χ0) is 12.4. The molecular formula is C13H9ClFNO. The van der Waals surface area contributed by atoms with Crippen LogP contribution in [0.3, 0.4) is 0 Å². The first kappa shape index (κ1) is 11.6. The lowest BCUT2D eigenvalue weighted by Gasteiger charge is -2.06. The number of hydrogen-bond acceptors (Lipinski definition) is 2. The molecule has 0 unspecified atom stereocenters. The number of nitrogen functional groups attached to an aromatic ring is 1. The Morgan fingerprint density at radius 2 is 1.71 bits per heavy atom. The number of nitrogens with two attached hydrogens (primary N) is 1. The Kier molecular flexibility index (Phi) is 3.11. The standard InChI is InChI=1S/C13H9ClFNO/c14-10-6-2-1-4-8(10)13(17)9-5-3-7-11(15)12(9)16/h1-7H,16H2. The fraction of sp³-hybridized carbons (Fsp3) is 0. The van der Waals surface area contributed by atoms with Crippen molar-refractivity contribution >= 4 is 23.1 Å². The van der Waals surface area contributed by atoms with Gasteiger partial charge >= 0.3 is 0 Å². The van der Waals surface area contributed by atoms with Crippen molar-refractivity contribution in [3.63, 3.8) is 0 Å². The Labute approximate surface area is 103 Å². The number of para-hydroxylation sites is 1. The van der Waals surface area contributed by atoms with Crippen LogP contribution in [0.1, 0.15) is 15.9 Å². The van der Waals surface area contributed by atoms with Gasteiger partial charge in [0.05, 0.1) is 10.7 Å². The van der Waals surface area contributed by atoms with Crippen molar-refractivity contribution in [3.8, 4) is 0 Å². The quantitative estimate of drug-likeness (QED) is 0.656. The van der Waals surface area contributed by atoms with E-state index in [9.17, 15) is 9.18 Å². The summed E-state index contributed by atoms with van der Waals surface area (Å²) in [7, 11) is 0. The average molecular weight is 250 g/mol. The van der Waals surface area contributed by atoms with Gasteiger partial charge in [-0.15, -0.1) is 0 Å². The normalized spacial score (nSPS) is 10.2. The minimum atomic E-state index is -0.608. The molecule has 0 spiro atoms. The molecular weight excluding hydrogens is 241 g/mol. The molecule has 0 atom stereocenters. The highest BCUT2D eigenvalue weighted by molar-refractivity contribution is 6.35. The van der Waals surface area contributed by atoms with Gasteiger partial charge in [0.1, 0.15) is 5.82 Å². The summed E-state index contributed by atoms with van der Waals surface area (Å²) in [5, 5.41) is 0.321. The molecule has 4 heteroatoms. The van der Waals surface area contributed by atoms with E-state index in [-0.39, 0.29) is 17.0 Å². The fourth-order valence-electron chi connectivity index (χ4n) is 1.53. The van der Waals surface area contributed by atoms with Gasteiger partial charge in [0.2, 0.25) is 0 Å². The molecule has 2 rings (SSSR count). The van der Waals surface area contributed by atoms with Crippen LogP contribution in [0.25, 0.3) is 0 Å². The molecule has 0 aliphatic heterocycles. The van der Waals surface area contributed by atoms with Crippen molar-refractivity contribution in [1.82, 2.24) is 0 Å². The van der Waals surface area contributed by atoms with E-state index in [1.54, 1.807) is 24.3 Å². The minimum absolute atomic E-state index is 0.123. The number of rotatable bonds is 2. The van der Waals surface area contributed by atoms with E-state index in [1.807, 2.05) is 0 Å². The third-order valence-electron chi connectivity index (χ3n) is 2.42. The van der Waals surface area contributed by atoms with Crippen LogP contribution in [0, 0.1) is 5.82 Å². The Bertz CT molecular complexity index is 583. The highest BCUT2D eigenvalue weighted by Gasteiger charge is 2.16. The second kappa shape index (κ2) is 4.55. The molecule has 0 bridgehead atoms. The van der Waals surface area contributed by atoms with Crippen molar-refractivity contribution < 1.29 is 9.18 Å². The SMILES string of the molecule is Nc1c(F)cccc1C(=O)c1ccccc1Cl. The Hall–Kier alpha value is -1.87. The molecule has 0 heterocycles. The molecule has 86 valence electrons. The summed E-state index contributed by atoms with van der Waals surface area (Å²) in [5.41, 5.74) is 5.81. The molecule has 0 saturated heterocycles. The number of hydrogen-bond donors (Lipinski definition) is 1. The summed E-state index contributed by atoms with van der Waals surface area (Å²) in [5.74, 6) is -0.990. The number of carbonyl (C=O) groups is 1. The zero-order valence-corrected chi connectivity index (χ0v) is 9.54. The minimum Gasteiger partial charge on any atom is -0.396 e. The van der Waals surface area contributed by atoms with Crippen molar-refractivity contribution in [2.24, 2.45) is 0 Å². The van der Waals surface area contributed by atoms with Gasteiger partial charge in [-0.05, 0) is 24.3 Å². The van der Waals surface area contributed by atoms with Crippen LogP contribution in [0.5, 0.6) is 0 Å². The Balaban J connectivity index is 2.52. The predicted octanol–water partition coefficient (Wildman–Crippen LogP) is 3.29. The first-order valence-corrected chi connectivity index (χ1v) is 5.32. The lowest BCUT2D eigenvalue weighted by Crippen LogP contribution is -2.07. The maximum absolute atomic E-state index is 13.2. The van der Waals surface area contributed by atoms with Gasteiger partial charge in [-0.2, -0.15) is 0 Å². The number of halogens is 2. The van der Waals surface area contributed by atoms with Crippen LogP contribution < -0.4 is 5.73 Å². The topological polar surface area (TPSA) is 43.1 Å². The monoisotopic (exact) mass is 249 g/mol. The number of carbonyl (C=O) groups excluding carboxylic acids is 1. The van der Waals surface area contributed by atoms with E-state index in [0.29, 0.717) is 10.6 Å². The zero-order valence-electron chi connectivity index (χ0n) is 8.78. The number of benzene rings is 2. The van der Waals surface area contributed by atoms with Crippen molar-refractivity contribution in [2.75, 3.05) is 5.73 Å². The molecule has 0 radical (unpaired) electrons. The Morgan fingerprint density at radius 1 is 1.06 bits per heavy atom. The van der Waals surface area contributed by atoms with Gasteiger partial charge in [0.15, 0.2) is 5.78 Å². The molecule has 2 nitrogen and oxygen atoms in total. The number of anilines is 1. The van der Waals surface area contributed by atoms with Gasteiger partial charge in [-0.1, -0.05) is 29.8 Å². The van der Waals surface area contributed by atoms with E-state index in [0.717, 1.165) is 0 Å². The van der Waals surface area contributed by atoms with Gasteiger partial charge in [-0.3, -0.25) is 4.79 Å². The van der Waals surface area contributed by atoms with E-state index >= 15 is 0 Å². The molecule has 17 heavy (non-hydrogen) atoms. The third kappa shape index (κ3) is 2.15. The Morgan fingerprint density at radius 3 is 2.41 bits per heavy atom. The van der Waals surface area contributed by atoms with Crippen LogP contribution in [0.4, 0.5) is 10.1 Å². The van der Waals surface area contributed by atoms with E-state index in [2.05, 4.69) is 0 Å². The summed E-state index contributed by atoms with van der Waals surface area (Å²) in [6, 6.07) is 10.7. The predicted molar refractivity (Wildman–Crippen MR) is 65.7 cm³/mol. The van der Waals surface area contributed by atoms with Crippen LogP contribution in [-0.4, -0.2) is 5.78 Å². The molecule has 0 amide bonds. The van der Waals surface area contributed by atoms with Crippen LogP contribution >= 0.6 is 11.6 Å². The second-order valence-corrected chi connectivity index (χ2v) is 3.92. The van der Waals surface area contributed by atoms with Crippen LogP contribution in [0.15, 0.2) is 42.5 Å². The third-order valence-corrected chi connectivity index (χ3v) is 2.75. The van der Waals surface area contributed by atoms with Crippen molar-refractivity contribution in [1.29, 1.82) is 0 Å². The summed E-state index contributed by atoms with van der Waals surface area (Å²) < 4.78 is 13.2. The highest BCUT2D eigenvalue weighted by Crippen LogP contribution is 2.23. The molecule has 2 aromatic rings. The van der Waals surface area contributed by atoms with E-state index in [1.165, 1.54) is 18.2 Å². The van der Waals surface area contributed by atoms with Gasteiger partial charge in [0.25, 0.3) is 0 Å². The molecule has 2 aromatic carbocycles. The fourth-order valence-corrected chi connectivity index (χ4v) is 1.75. The van der Waals surface area contributed by atoms with Crippen molar-refractivity contribution in [2.45, 2.75) is 0 Å². The smallest absolute Gasteiger partial charge is 0.196 e. The van der Waals surface area contributed by atoms with E-state index < -0.39 is 5.82 Å². The van der Waals surface area contributed by atoms with E-state index in [4.69, 9.17) is 17.3 Å². The molecule has 0 aliphatic carbocycles. The lowest BCUT2D eigenvalue weighted by atomic mass is 10.0. The maximum Gasteiger partial charge on any atom is 0.196 e. The van der Waals surface area contributed by atoms with Crippen LogP contribution in [-0.2, 0) is 0 Å². The first-order chi connectivity index (χ1) is 8.11. The molecule has 0 aromatic heterocycles. The summed E-state index contributed by atoms with van der Waals surface area (Å²) in [4.78, 5) is 12.1. The molecule has 0 fully saturated rings. The molecule has 2 N–H and O–H groups in total. The van der Waals surface area contributed by atoms with Crippen molar-refractivity contribution in [3.05, 3.63) is 64.4 Å². The van der Waals surface area contributed by atoms with Gasteiger partial charge in [-0.25, -0.2) is 4.39 Å². The van der Waals surface area contributed by atoms with Gasteiger partial charge < -0.3 is 5.73 Å².